The van der Waals surface area contributed by atoms with Crippen molar-refractivity contribution in [2.45, 2.75) is 18.9 Å². The van der Waals surface area contributed by atoms with E-state index in [1.54, 1.807) is 18.2 Å². The fraction of sp³-hybridized carbons (Fsp3) is 0.227. The van der Waals surface area contributed by atoms with Crippen molar-refractivity contribution >= 4 is 39.8 Å². The minimum Gasteiger partial charge on any atom is -0.494 e. The summed E-state index contributed by atoms with van der Waals surface area (Å²) in [7, 11) is 2.93. The number of alkyl halides is 6. The van der Waals surface area contributed by atoms with Crippen LogP contribution in [0.4, 0.5) is 31.1 Å². The Balaban J connectivity index is 1.74. The van der Waals surface area contributed by atoms with Crippen LogP contribution in [0.15, 0.2) is 46.4 Å². The first kappa shape index (κ1) is 24.6. The summed E-state index contributed by atoms with van der Waals surface area (Å²) in [6.45, 7) is -0.415. The summed E-state index contributed by atoms with van der Waals surface area (Å²) in [4.78, 5) is 16.2. The standard InChI is InChI=1S/C22H16F6N4O2S/c1-29-19-17(35-20(33)30-19)7-11-5-13-10-32(31-18(13)16(6-11)34-2)9-12-3-4-14(21(23,24)25)8-15(12)22(26,27)28/h3-8,10H,9H2,1-2H3,(H,29,30,33)/b17-7-. The van der Waals surface area contributed by atoms with Crippen LogP contribution in [-0.4, -0.2) is 35.0 Å². The molecule has 3 aromatic rings. The van der Waals surface area contributed by atoms with Gasteiger partial charge in [-0.25, -0.2) is 0 Å². The molecule has 0 atom stereocenters. The monoisotopic (exact) mass is 514 g/mol. The second kappa shape index (κ2) is 8.95. The Hall–Kier alpha value is -3.48. The van der Waals surface area contributed by atoms with E-state index in [0.717, 1.165) is 17.8 Å². The first-order valence-electron chi connectivity index (χ1n) is 9.89. The molecule has 0 saturated carbocycles. The Morgan fingerprint density at radius 2 is 1.89 bits per heavy atom. The molecule has 6 nitrogen and oxygen atoms in total. The highest BCUT2D eigenvalue weighted by molar-refractivity contribution is 8.18. The van der Waals surface area contributed by atoms with E-state index in [1.807, 2.05) is 0 Å². The SMILES string of the molecule is CN=C1NC(=O)S/C1=C\c1cc(OC)c2nn(Cc3ccc(C(F)(F)F)cc3C(F)(F)F)cc2c1. The number of fused-ring (bicyclic) bond motifs is 1. The second-order valence-electron chi connectivity index (χ2n) is 7.45. The van der Waals surface area contributed by atoms with Crippen LogP contribution in [0, 0.1) is 0 Å². The first-order chi connectivity index (χ1) is 16.4. The number of rotatable bonds is 4. The van der Waals surface area contributed by atoms with Gasteiger partial charge in [-0.2, -0.15) is 31.4 Å². The second-order valence-corrected chi connectivity index (χ2v) is 8.47. The number of aliphatic imine (C=N–C) groups is 1. The molecule has 1 aromatic heterocycles. The number of carbonyl (C=O) groups is 1. The van der Waals surface area contributed by atoms with Gasteiger partial charge in [-0.1, -0.05) is 6.07 Å². The molecule has 4 rings (SSSR count). The predicted octanol–water partition coefficient (Wildman–Crippen LogP) is 5.96. The Kier molecular flexibility index (Phi) is 6.30. The highest BCUT2D eigenvalue weighted by Gasteiger charge is 2.38. The van der Waals surface area contributed by atoms with E-state index in [2.05, 4.69) is 15.4 Å². The van der Waals surface area contributed by atoms with Gasteiger partial charge in [-0.05, 0) is 53.2 Å². The van der Waals surface area contributed by atoms with Crippen LogP contribution in [0.2, 0.25) is 0 Å². The van der Waals surface area contributed by atoms with Crippen molar-refractivity contribution in [3.8, 4) is 5.75 Å². The van der Waals surface area contributed by atoms with Crippen molar-refractivity contribution in [1.82, 2.24) is 15.1 Å². The number of nitrogens with zero attached hydrogens (tertiary/aromatic N) is 3. The first-order valence-corrected chi connectivity index (χ1v) is 10.7. The van der Waals surface area contributed by atoms with Crippen molar-refractivity contribution in [1.29, 1.82) is 0 Å². The van der Waals surface area contributed by atoms with E-state index in [9.17, 15) is 31.1 Å². The van der Waals surface area contributed by atoms with Gasteiger partial charge in [0.25, 0.3) is 5.24 Å². The molecule has 0 bridgehead atoms. The average Bonchev–Trinajstić information content (AvgIpc) is 3.33. The van der Waals surface area contributed by atoms with Gasteiger partial charge in [0.15, 0.2) is 0 Å². The lowest BCUT2D eigenvalue weighted by Crippen LogP contribution is -2.18. The predicted molar refractivity (Wildman–Crippen MR) is 119 cm³/mol. The maximum Gasteiger partial charge on any atom is 0.416 e. The number of methoxy groups -OCH3 is 1. The van der Waals surface area contributed by atoms with Crippen molar-refractivity contribution < 1.29 is 35.9 Å². The molecule has 1 fully saturated rings. The Bertz CT molecular complexity index is 1370. The minimum atomic E-state index is -4.98. The highest BCUT2D eigenvalue weighted by Crippen LogP contribution is 2.38. The summed E-state index contributed by atoms with van der Waals surface area (Å²) in [5.74, 6) is 0.727. The lowest BCUT2D eigenvalue weighted by atomic mass is 10.0. The van der Waals surface area contributed by atoms with Crippen LogP contribution in [0.3, 0.4) is 0 Å². The van der Waals surface area contributed by atoms with Gasteiger partial charge < -0.3 is 10.1 Å². The zero-order valence-electron chi connectivity index (χ0n) is 18.1. The van der Waals surface area contributed by atoms with Crippen LogP contribution >= 0.6 is 11.8 Å². The van der Waals surface area contributed by atoms with Crippen molar-refractivity contribution in [2.75, 3.05) is 14.2 Å². The summed E-state index contributed by atoms with van der Waals surface area (Å²) < 4.78 is 86.0. The van der Waals surface area contributed by atoms with E-state index in [-0.39, 0.29) is 16.9 Å². The summed E-state index contributed by atoms with van der Waals surface area (Å²) in [6, 6.07) is 4.86. The fourth-order valence-electron chi connectivity index (χ4n) is 3.57. The molecule has 0 unspecified atom stereocenters. The van der Waals surface area contributed by atoms with Crippen LogP contribution in [0.25, 0.3) is 17.0 Å². The third-order valence-corrected chi connectivity index (χ3v) is 5.93. The zero-order valence-corrected chi connectivity index (χ0v) is 18.9. The largest absolute Gasteiger partial charge is 0.494 e. The fourth-order valence-corrected chi connectivity index (χ4v) is 4.35. The van der Waals surface area contributed by atoms with Gasteiger partial charge >= 0.3 is 12.4 Å². The molecular formula is C22H16F6N4O2S. The summed E-state index contributed by atoms with van der Waals surface area (Å²) in [5, 5.41) is 7.11. The summed E-state index contributed by atoms with van der Waals surface area (Å²) >= 11 is 0.958. The number of halogens is 6. The molecule has 0 radical (unpaired) electrons. The third kappa shape index (κ3) is 5.14. The van der Waals surface area contributed by atoms with Crippen molar-refractivity contribution in [3.63, 3.8) is 0 Å². The number of amidine groups is 1. The maximum atomic E-state index is 13.5. The lowest BCUT2D eigenvalue weighted by Gasteiger charge is -2.16. The number of hydrogen-bond donors (Lipinski definition) is 1. The van der Waals surface area contributed by atoms with Gasteiger partial charge in [0.2, 0.25) is 0 Å². The highest BCUT2D eigenvalue weighted by atomic mass is 32.2. The van der Waals surface area contributed by atoms with E-state index in [1.165, 1.54) is 25.0 Å². The van der Waals surface area contributed by atoms with Gasteiger partial charge in [0, 0.05) is 18.6 Å². The van der Waals surface area contributed by atoms with Crippen molar-refractivity contribution in [2.24, 2.45) is 4.99 Å². The van der Waals surface area contributed by atoms with Gasteiger partial charge in [-0.15, -0.1) is 0 Å². The molecule has 1 amide bonds. The van der Waals surface area contributed by atoms with Gasteiger partial charge in [-0.3, -0.25) is 14.5 Å². The van der Waals surface area contributed by atoms with E-state index in [4.69, 9.17) is 4.74 Å². The molecule has 1 aliphatic heterocycles. The number of thioether (sulfide) groups is 1. The molecule has 2 heterocycles. The number of aromatic nitrogens is 2. The van der Waals surface area contributed by atoms with E-state index in [0.29, 0.717) is 39.0 Å². The van der Waals surface area contributed by atoms with Crippen LogP contribution in [-0.2, 0) is 18.9 Å². The molecule has 35 heavy (non-hydrogen) atoms. The van der Waals surface area contributed by atoms with Gasteiger partial charge in [0.05, 0.1) is 29.7 Å². The smallest absolute Gasteiger partial charge is 0.416 e. The molecule has 1 aliphatic rings. The number of amides is 1. The molecule has 184 valence electrons. The molecule has 1 saturated heterocycles. The topological polar surface area (TPSA) is 68.5 Å². The summed E-state index contributed by atoms with van der Waals surface area (Å²) in [6.07, 6.45) is -6.72. The number of benzene rings is 2. The van der Waals surface area contributed by atoms with Crippen LogP contribution in [0.5, 0.6) is 5.75 Å². The normalized spacial score (nSPS) is 17.0. The molecule has 1 N–H and O–H groups in total. The Morgan fingerprint density at radius 1 is 1.14 bits per heavy atom. The third-order valence-electron chi connectivity index (χ3n) is 5.12. The van der Waals surface area contributed by atoms with Crippen molar-refractivity contribution in [3.05, 3.63) is 63.7 Å². The molecule has 13 heteroatoms. The number of carbonyl (C=O) groups excluding carboxylic acids is 1. The van der Waals surface area contributed by atoms with E-state index < -0.39 is 30.0 Å². The molecule has 2 aromatic carbocycles. The maximum absolute atomic E-state index is 13.5. The molecule has 0 spiro atoms. The Labute approximate surface area is 198 Å². The number of nitrogens with one attached hydrogen (secondary N) is 1. The Morgan fingerprint density at radius 3 is 2.51 bits per heavy atom. The van der Waals surface area contributed by atoms with E-state index >= 15 is 0 Å². The number of hydrogen-bond acceptors (Lipinski definition) is 5. The average molecular weight is 514 g/mol. The van der Waals surface area contributed by atoms with Crippen LogP contribution in [0.1, 0.15) is 22.3 Å². The van der Waals surface area contributed by atoms with Crippen LogP contribution < -0.4 is 10.1 Å². The quantitative estimate of drug-likeness (QED) is 0.437. The molecule has 0 aliphatic carbocycles. The minimum absolute atomic E-state index is 0.102. The summed E-state index contributed by atoms with van der Waals surface area (Å²) in [5.41, 5.74) is -2.15. The lowest BCUT2D eigenvalue weighted by molar-refractivity contribution is -0.143. The van der Waals surface area contributed by atoms with Gasteiger partial charge in [0.1, 0.15) is 17.1 Å². The zero-order chi connectivity index (χ0) is 25.5. The molecular weight excluding hydrogens is 498 g/mol. The number of ether oxygens (including phenoxy) is 1.